The minimum Gasteiger partial charge on any atom is -0.462 e. The minimum absolute atomic E-state index is 0.00914. The number of hydrogen-bond acceptors (Lipinski definition) is 7. The van der Waals surface area contributed by atoms with Gasteiger partial charge in [0.1, 0.15) is 5.65 Å². The average molecular weight is 356 g/mol. The summed E-state index contributed by atoms with van der Waals surface area (Å²) in [6.45, 7) is 3.44. The van der Waals surface area contributed by atoms with Crippen LogP contribution in [0.4, 0.5) is 0 Å². The first kappa shape index (κ1) is 17.7. The number of esters is 1. The summed E-state index contributed by atoms with van der Waals surface area (Å²) < 4.78 is 10.8. The quantitative estimate of drug-likeness (QED) is 0.389. The van der Waals surface area contributed by atoms with E-state index in [-0.39, 0.29) is 17.8 Å². The van der Waals surface area contributed by atoms with Crippen molar-refractivity contribution < 1.29 is 19.1 Å². The summed E-state index contributed by atoms with van der Waals surface area (Å²) in [6, 6.07) is 3.68. The number of aromatic amines is 1. The van der Waals surface area contributed by atoms with Crippen LogP contribution in [-0.2, 0) is 19.1 Å². The Kier molecular flexibility index (Phi) is 4.75. The third-order valence-electron chi connectivity index (χ3n) is 3.62. The topological polar surface area (TPSA) is 96.9 Å². The number of Topliss-reactive ketones (excluding diaryl/α,β-unsaturated/α-hetero) is 1. The van der Waals surface area contributed by atoms with Gasteiger partial charge < -0.3 is 14.5 Å². The second-order valence-corrected chi connectivity index (χ2v) is 6.32. The largest absolute Gasteiger partial charge is 0.462 e. The third-order valence-corrected chi connectivity index (χ3v) is 3.62. The lowest BCUT2D eigenvalue weighted by molar-refractivity contribution is -0.151. The van der Waals surface area contributed by atoms with Crippen molar-refractivity contribution in [1.29, 1.82) is 0 Å². The lowest BCUT2D eigenvalue weighted by Gasteiger charge is -2.12. The van der Waals surface area contributed by atoms with Crippen LogP contribution in [0.2, 0.25) is 0 Å². The zero-order valence-electron chi connectivity index (χ0n) is 15.0. The molecule has 0 spiro atoms. The van der Waals surface area contributed by atoms with Gasteiger partial charge in [0.15, 0.2) is 5.76 Å². The van der Waals surface area contributed by atoms with Crippen LogP contribution in [0.25, 0.3) is 17.1 Å². The molecule has 0 radical (unpaired) electrons. The molecule has 2 aromatic heterocycles. The normalized spacial score (nSPS) is 20.2. The number of H-pyrrole nitrogens is 1. The summed E-state index contributed by atoms with van der Waals surface area (Å²) in [6.07, 6.45) is 4.64. The molecule has 2 aromatic rings. The predicted octanol–water partition coefficient (Wildman–Crippen LogP) is 1.95. The first-order chi connectivity index (χ1) is 12.4. The molecule has 1 atom stereocenters. The summed E-state index contributed by atoms with van der Waals surface area (Å²) in [5.74, 6) is -2.30. The van der Waals surface area contributed by atoms with Crippen LogP contribution in [0, 0.1) is 5.92 Å². The Morgan fingerprint density at radius 3 is 2.92 bits per heavy atom. The Morgan fingerprint density at radius 2 is 2.23 bits per heavy atom. The van der Waals surface area contributed by atoms with Crippen LogP contribution in [-0.4, -0.2) is 52.8 Å². The van der Waals surface area contributed by atoms with E-state index in [1.54, 1.807) is 52.5 Å². The highest BCUT2D eigenvalue weighted by Gasteiger charge is 2.45. The van der Waals surface area contributed by atoms with Crippen molar-refractivity contribution in [3.63, 3.8) is 0 Å². The molecule has 0 amide bonds. The van der Waals surface area contributed by atoms with Crippen molar-refractivity contribution in [2.45, 2.75) is 20.0 Å². The van der Waals surface area contributed by atoms with Crippen LogP contribution < -0.4 is 0 Å². The molecular formula is C18H20N4O4. The van der Waals surface area contributed by atoms with E-state index in [1.807, 2.05) is 6.07 Å². The number of ketones is 1. The molecule has 8 nitrogen and oxygen atoms in total. The minimum atomic E-state index is -1.20. The van der Waals surface area contributed by atoms with Crippen LogP contribution in [0.3, 0.4) is 0 Å². The number of carbonyl (C=O) groups is 2. The van der Waals surface area contributed by atoms with E-state index in [0.717, 1.165) is 10.9 Å². The molecule has 3 heterocycles. The molecule has 136 valence electrons. The first-order valence-corrected chi connectivity index (χ1v) is 8.19. The highest BCUT2D eigenvalue weighted by atomic mass is 16.6. The number of hydrazone groups is 1. The van der Waals surface area contributed by atoms with Crippen molar-refractivity contribution in [3.05, 3.63) is 35.8 Å². The average Bonchev–Trinajstić information content (AvgIpc) is 3.09. The fourth-order valence-electron chi connectivity index (χ4n) is 2.60. The van der Waals surface area contributed by atoms with Gasteiger partial charge in [-0.1, -0.05) is 0 Å². The number of nitrogens with zero attached hydrogens (tertiary/aromatic N) is 3. The zero-order chi connectivity index (χ0) is 18.8. The number of hydrogen-bond donors (Lipinski definition) is 1. The molecule has 1 aliphatic heterocycles. The van der Waals surface area contributed by atoms with Gasteiger partial charge in [-0.3, -0.25) is 14.6 Å². The number of nitrogens with one attached hydrogen (secondary N) is 1. The van der Waals surface area contributed by atoms with Gasteiger partial charge in [0.2, 0.25) is 17.6 Å². The van der Waals surface area contributed by atoms with Crippen molar-refractivity contribution in [1.82, 2.24) is 15.0 Å². The van der Waals surface area contributed by atoms with E-state index >= 15 is 0 Å². The number of rotatable bonds is 4. The van der Waals surface area contributed by atoms with Gasteiger partial charge in [0, 0.05) is 37.4 Å². The van der Waals surface area contributed by atoms with E-state index in [1.165, 1.54) is 5.01 Å². The molecule has 1 saturated heterocycles. The molecule has 0 saturated carbocycles. The van der Waals surface area contributed by atoms with Crippen molar-refractivity contribution in [2.75, 3.05) is 14.1 Å². The molecule has 0 aliphatic carbocycles. The molecule has 1 N–H and O–H groups in total. The first-order valence-electron chi connectivity index (χ1n) is 8.19. The Bertz CT molecular complexity index is 911. The lowest BCUT2D eigenvalue weighted by atomic mass is 10.0. The maximum Gasteiger partial charge on any atom is 0.326 e. The van der Waals surface area contributed by atoms with Gasteiger partial charge in [-0.05, 0) is 32.1 Å². The van der Waals surface area contributed by atoms with Crippen LogP contribution in [0.5, 0.6) is 0 Å². The summed E-state index contributed by atoms with van der Waals surface area (Å²) >= 11 is 0. The third kappa shape index (κ3) is 3.44. The van der Waals surface area contributed by atoms with Gasteiger partial charge in [0.05, 0.1) is 6.10 Å². The lowest BCUT2D eigenvalue weighted by Crippen LogP contribution is -2.30. The van der Waals surface area contributed by atoms with Gasteiger partial charge in [-0.25, -0.2) is 4.98 Å². The Balaban J connectivity index is 1.98. The number of fused-ring (bicyclic) bond motifs is 1. The maximum atomic E-state index is 12.8. The van der Waals surface area contributed by atoms with E-state index in [4.69, 9.17) is 9.47 Å². The summed E-state index contributed by atoms with van der Waals surface area (Å²) in [5, 5.41) is 6.44. The fraction of sp³-hybridized carbons (Fsp3) is 0.333. The molecule has 0 aromatic carbocycles. The highest BCUT2D eigenvalue weighted by Crippen LogP contribution is 2.27. The summed E-state index contributed by atoms with van der Waals surface area (Å²) in [7, 11) is 3.36. The molecule has 26 heavy (non-hydrogen) atoms. The molecule has 1 aliphatic rings. The Hall–Kier alpha value is -3.16. The number of ether oxygens (including phenoxy) is 2. The van der Waals surface area contributed by atoms with Gasteiger partial charge in [-0.2, -0.15) is 0 Å². The van der Waals surface area contributed by atoms with E-state index in [0.29, 0.717) is 5.65 Å². The second kappa shape index (κ2) is 6.99. The predicted molar refractivity (Wildman–Crippen MR) is 96.0 cm³/mol. The van der Waals surface area contributed by atoms with Gasteiger partial charge in [-0.15, -0.1) is 5.10 Å². The maximum absolute atomic E-state index is 12.8. The molecule has 0 bridgehead atoms. The number of allylic oxidation sites excluding steroid dienone is 1. The Labute approximate surface area is 150 Å². The van der Waals surface area contributed by atoms with E-state index < -0.39 is 17.7 Å². The number of aromatic nitrogens is 2. The SMILES string of the molecule is CC(C)OC(=O)C1C(=O)/C(=C/c2c[nH]c3ncccc23)OC1=NN(C)C. The number of pyridine rings is 1. The van der Waals surface area contributed by atoms with Crippen molar-refractivity contribution >= 4 is 34.8 Å². The monoisotopic (exact) mass is 356 g/mol. The van der Waals surface area contributed by atoms with Crippen LogP contribution >= 0.6 is 0 Å². The molecule has 3 rings (SSSR count). The number of carbonyl (C=O) groups excluding carboxylic acids is 2. The molecular weight excluding hydrogens is 336 g/mol. The molecule has 1 unspecified atom stereocenters. The van der Waals surface area contributed by atoms with E-state index in [9.17, 15) is 9.59 Å². The van der Waals surface area contributed by atoms with Gasteiger partial charge >= 0.3 is 5.97 Å². The second-order valence-electron chi connectivity index (χ2n) is 6.32. The Morgan fingerprint density at radius 1 is 1.46 bits per heavy atom. The van der Waals surface area contributed by atoms with Crippen molar-refractivity contribution in [2.24, 2.45) is 11.0 Å². The van der Waals surface area contributed by atoms with Crippen LogP contribution in [0.15, 0.2) is 35.4 Å². The summed E-state index contributed by atoms with van der Waals surface area (Å²) in [5.41, 5.74) is 1.43. The smallest absolute Gasteiger partial charge is 0.326 e. The molecule has 8 heteroatoms. The van der Waals surface area contributed by atoms with Crippen molar-refractivity contribution in [3.8, 4) is 0 Å². The highest BCUT2D eigenvalue weighted by molar-refractivity contribution is 6.27. The van der Waals surface area contributed by atoms with Gasteiger partial charge in [0.25, 0.3) is 0 Å². The summed E-state index contributed by atoms with van der Waals surface area (Å²) in [4.78, 5) is 32.4. The molecule has 1 fully saturated rings. The zero-order valence-corrected chi connectivity index (χ0v) is 15.0. The van der Waals surface area contributed by atoms with E-state index in [2.05, 4.69) is 15.1 Å². The fourth-order valence-corrected chi connectivity index (χ4v) is 2.60. The standard InChI is InChI=1S/C18H20N4O4/c1-10(2)25-18(24)14-15(23)13(26-17(14)21-22(3)4)8-11-9-20-16-12(11)6-5-7-19-16/h5-10,14H,1-4H3,(H,19,20)/b13-8-,21-17?. The van der Waals surface area contributed by atoms with Crippen LogP contribution in [0.1, 0.15) is 19.4 Å².